The molecule has 0 bridgehead atoms. The first-order valence-electron chi connectivity index (χ1n) is 7.75. The molecule has 0 unspecified atom stereocenters. The number of benzene rings is 1. The third-order valence-corrected chi connectivity index (χ3v) is 3.63. The summed E-state index contributed by atoms with van der Waals surface area (Å²) in [5.74, 6) is -0.829. The molecule has 25 heavy (non-hydrogen) atoms. The lowest BCUT2D eigenvalue weighted by Gasteiger charge is -2.20. The number of hydrogen-bond donors (Lipinski definition) is 0. The zero-order valence-electron chi connectivity index (χ0n) is 14.5. The van der Waals surface area contributed by atoms with Gasteiger partial charge in [0.1, 0.15) is 11.5 Å². The van der Waals surface area contributed by atoms with Crippen LogP contribution in [0.25, 0.3) is 0 Å². The molecule has 0 saturated carbocycles. The molecule has 1 aromatic carbocycles. The maximum Gasteiger partial charge on any atom is 0.331 e. The Kier molecular flexibility index (Phi) is 5.69. The normalized spacial score (nSPS) is 13.5. The predicted molar refractivity (Wildman–Crippen MR) is 90.6 cm³/mol. The first kappa shape index (κ1) is 18.4. The highest BCUT2D eigenvalue weighted by atomic mass is 16.7. The van der Waals surface area contributed by atoms with Crippen LogP contribution in [0.1, 0.15) is 53.0 Å². The summed E-state index contributed by atoms with van der Waals surface area (Å²) in [6, 6.07) is 1.57. The number of ether oxygens (including phenoxy) is 2. The molecule has 132 valence electrons. The number of carbonyl (C=O) groups excluding carboxylic acids is 3. The van der Waals surface area contributed by atoms with Crippen LogP contribution in [0.4, 0.5) is 0 Å². The molecule has 2 rings (SSSR count). The summed E-state index contributed by atoms with van der Waals surface area (Å²) in [7, 11) is 2.81. The minimum Gasteiger partial charge on any atom is -0.496 e. The lowest BCUT2D eigenvalue weighted by Crippen LogP contribution is -2.18. The van der Waals surface area contributed by atoms with Crippen LogP contribution < -0.4 is 9.47 Å². The molecule has 0 fully saturated rings. The van der Waals surface area contributed by atoms with Crippen LogP contribution in [0.5, 0.6) is 11.5 Å². The Bertz CT molecular complexity index is 791. The monoisotopic (exact) mass is 345 g/mol. The molecule has 7 heteroatoms. The number of oxime groups is 1. The van der Waals surface area contributed by atoms with E-state index < -0.39 is 5.97 Å². The van der Waals surface area contributed by atoms with E-state index >= 15 is 0 Å². The van der Waals surface area contributed by atoms with Crippen molar-refractivity contribution in [1.82, 2.24) is 0 Å². The lowest BCUT2D eigenvalue weighted by atomic mass is 9.89. The number of nitrogens with zero attached hydrogens (tertiary/aromatic N) is 1. The van der Waals surface area contributed by atoms with Gasteiger partial charge < -0.3 is 14.3 Å². The molecule has 1 aliphatic rings. The van der Waals surface area contributed by atoms with Gasteiger partial charge in [-0.1, -0.05) is 18.5 Å². The molecule has 0 spiro atoms. The van der Waals surface area contributed by atoms with Gasteiger partial charge in [-0.15, -0.1) is 0 Å². The molecule has 1 aliphatic carbocycles. The molecular formula is C18H19NO6. The summed E-state index contributed by atoms with van der Waals surface area (Å²) in [6.07, 6.45) is 3.59. The van der Waals surface area contributed by atoms with Crippen LogP contribution in [-0.4, -0.2) is 37.5 Å². The van der Waals surface area contributed by atoms with Gasteiger partial charge >= 0.3 is 5.97 Å². The Morgan fingerprint density at radius 2 is 1.72 bits per heavy atom. The summed E-state index contributed by atoms with van der Waals surface area (Å²) in [4.78, 5) is 40.5. The first-order chi connectivity index (χ1) is 11.9. The van der Waals surface area contributed by atoms with Crippen molar-refractivity contribution in [2.75, 3.05) is 14.2 Å². The van der Waals surface area contributed by atoms with Crippen molar-refractivity contribution in [1.29, 1.82) is 0 Å². The van der Waals surface area contributed by atoms with Gasteiger partial charge in [0.15, 0.2) is 11.6 Å². The highest BCUT2D eigenvalue weighted by Crippen LogP contribution is 2.38. The van der Waals surface area contributed by atoms with Gasteiger partial charge in [-0.25, -0.2) is 4.79 Å². The molecule has 0 aliphatic heterocycles. The number of rotatable bonds is 6. The van der Waals surface area contributed by atoms with Crippen molar-refractivity contribution in [2.24, 2.45) is 5.16 Å². The average Bonchev–Trinajstić information content (AvgIpc) is 2.60. The van der Waals surface area contributed by atoms with Crippen molar-refractivity contribution in [3.05, 3.63) is 34.9 Å². The Morgan fingerprint density at radius 3 is 2.24 bits per heavy atom. The molecule has 0 aromatic heterocycles. The van der Waals surface area contributed by atoms with Crippen molar-refractivity contribution in [3.8, 4) is 11.5 Å². The van der Waals surface area contributed by atoms with Crippen LogP contribution in [0.15, 0.2) is 23.4 Å². The van der Waals surface area contributed by atoms with E-state index in [9.17, 15) is 14.4 Å². The quantitative estimate of drug-likeness (QED) is 0.447. The van der Waals surface area contributed by atoms with E-state index in [1.165, 1.54) is 33.3 Å². The summed E-state index contributed by atoms with van der Waals surface area (Å²) in [5, 5.41) is 3.88. The van der Waals surface area contributed by atoms with E-state index in [2.05, 4.69) is 5.16 Å². The fraction of sp³-hybridized carbons (Fsp3) is 0.333. The van der Waals surface area contributed by atoms with Crippen molar-refractivity contribution >= 4 is 23.2 Å². The zero-order chi connectivity index (χ0) is 18.6. The number of ketones is 2. The second-order valence-electron chi connectivity index (χ2n) is 5.34. The number of carbonyl (C=O) groups is 3. The van der Waals surface area contributed by atoms with Crippen LogP contribution in [0.3, 0.4) is 0 Å². The molecular weight excluding hydrogens is 326 g/mol. The van der Waals surface area contributed by atoms with Crippen LogP contribution >= 0.6 is 0 Å². The van der Waals surface area contributed by atoms with Gasteiger partial charge in [0.25, 0.3) is 0 Å². The first-order valence-corrected chi connectivity index (χ1v) is 7.75. The average molecular weight is 345 g/mol. The van der Waals surface area contributed by atoms with E-state index in [-0.39, 0.29) is 34.2 Å². The number of methoxy groups -OCH3 is 2. The van der Waals surface area contributed by atoms with Crippen LogP contribution in [-0.2, 0) is 9.63 Å². The molecule has 0 radical (unpaired) electrons. The van der Waals surface area contributed by atoms with Crippen molar-refractivity contribution in [2.45, 2.75) is 26.7 Å². The second-order valence-corrected chi connectivity index (χ2v) is 5.34. The highest BCUT2D eigenvalue weighted by molar-refractivity contribution is 6.25. The van der Waals surface area contributed by atoms with Crippen LogP contribution in [0, 0.1) is 0 Å². The van der Waals surface area contributed by atoms with E-state index in [0.29, 0.717) is 17.7 Å². The van der Waals surface area contributed by atoms with E-state index in [4.69, 9.17) is 14.3 Å². The molecule has 0 N–H and O–H groups in total. The third kappa shape index (κ3) is 3.60. The van der Waals surface area contributed by atoms with Gasteiger partial charge in [0.05, 0.1) is 31.1 Å². The summed E-state index contributed by atoms with van der Waals surface area (Å²) >= 11 is 0. The Labute approximate surface area is 145 Å². The predicted octanol–water partition coefficient (Wildman–Crippen LogP) is 2.71. The minimum absolute atomic E-state index is 0.121. The smallest absolute Gasteiger partial charge is 0.331 e. The fourth-order valence-corrected chi connectivity index (χ4v) is 2.61. The molecule has 7 nitrogen and oxygen atoms in total. The minimum atomic E-state index is -0.563. The topological polar surface area (TPSA) is 91.3 Å². The van der Waals surface area contributed by atoms with Crippen molar-refractivity contribution < 1.29 is 28.7 Å². The fourth-order valence-electron chi connectivity index (χ4n) is 2.61. The summed E-state index contributed by atoms with van der Waals surface area (Å²) in [5.41, 5.74) is 1.14. The zero-order valence-corrected chi connectivity index (χ0v) is 14.5. The van der Waals surface area contributed by atoms with Gasteiger partial charge in [0.2, 0.25) is 0 Å². The SMILES string of the molecule is CCCC(=NOC(C)=O)c1cc(OC)c2c(c1OC)C(=O)C=CC2=O. The molecule has 0 heterocycles. The molecule has 0 amide bonds. The largest absolute Gasteiger partial charge is 0.496 e. The Hall–Kier alpha value is -2.96. The number of hydrogen-bond acceptors (Lipinski definition) is 7. The molecule has 0 atom stereocenters. The number of fused-ring (bicyclic) bond motifs is 1. The molecule has 0 saturated heterocycles. The number of allylic oxidation sites excluding steroid dienone is 2. The van der Waals surface area contributed by atoms with Gasteiger partial charge in [-0.2, -0.15) is 0 Å². The van der Waals surface area contributed by atoms with Crippen molar-refractivity contribution in [3.63, 3.8) is 0 Å². The maximum atomic E-state index is 12.4. The lowest BCUT2D eigenvalue weighted by molar-refractivity contribution is -0.140. The van der Waals surface area contributed by atoms with E-state index in [1.54, 1.807) is 6.07 Å². The second kappa shape index (κ2) is 7.74. The summed E-state index contributed by atoms with van der Waals surface area (Å²) < 4.78 is 10.7. The van der Waals surface area contributed by atoms with E-state index in [0.717, 1.165) is 6.42 Å². The van der Waals surface area contributed by atoms with Gasteiger partial charge in [-0.05, 0) is 24.6 Å². The summed E-state index contributed by atoms with van der Waals surface area (Å²) in [6.45, 7) is 3.17. The Balaban J connectivity index is 2.76. The van der Waals surface area contributed by atoms with E-state index in [1.807, 2.05) is 6.92 Å². The van der Waals surface area contributed by atoms with Gasteiger partial charge in [0, 0.05) is 12.5 Å². The highest BCUT2D eigenvalue weighted by Gasteiger charge is 2.31. The standard InChI is InChI=1S/C18H19NO6/c1-5-6-12(19-25-10(2)20)11-9-15(23-3)16-13(21)7-8-14(22)17(16)18(11)24-4/h7-9H,5-6H2,1-4H3. The third-order valence-electron chi connectivity index (χ3n) is 3.63. The van der Waals surface area contributed by atoms with Crippen LogP contribution in [0.2, 0.25) is 0 Å². The Morgan fingerprint density at radius 1 is 1.08 bits per heavy atom. The molecule has 1 aromatic rings. The maximum absolute atomic E-state index is 12.4. The van der Waals surface area contributed by atoms with Gasteiger partial charge in [-0.3, -0.25) is 9.59 Å².